The molecule has 2 aliphatic carbocycles. The van der Waals surface area contributed by atoms with E-state index in [4.69, 9.17) is 5.73 Å². The molecule has 0 saturated carbocycles. The predicted molar refractivity (Wildman–Crippen MR) is 62.0 cm³/mol. The van der Waals surface area contributed by atoms with Crippen LogP contribution in [0.1, 0.15) is 38.5 Å². The number of hydrogen-bond acceptors (Lipinski definition) is 3. The van der Waals surface area contributed by atoms with Crippen LogP contribution in [-0.2, 0) is 4.74 Å². The summed E-state index contributed by atoms with van der Waals surface area (Å²) in [5.74, 6) is 0. The highest BCUT2D eigenvalue weighted by atomic mass is 16.5. The molecule has 0 radical (unpaired) electrons. The third kappa shape index (κ3) is 2.38. The van der Waals surface area contributed by atoms with Crippen molar-refractivity contribution in [3.05, 3.63) is 11.1 Å². The third-order valence-corrected chi connectivity index (χ3v) is 3.66. The minimum Gasteiger partial charge on any atom is -0.453 e. The maximum atomic E-state index is 11.2. The van der Waals surface area contributed by atoms with Gasteiger partial charge < -0.3 is 15.8 Å². The summed E-state index contributed by atoms with van der Waals surface area (Å²) in [5, 5.41) is 2.83. The lowest BCUT2D eigenvalue weighted by atomic mass is 9.78. The molecule has 1 amide bonds. The Kier molecular flexibility index (Phi) is 3.49. The lowest BCUT2D eigenvalue weighted by molar-refractivity contribution is 0.163. The summed E-state index contributed by atoms with van der Waals surface area (Å²) in [7, 11) is 1.38. The van der Waals surface area contributed by atoms with E-state index in [2.05, 4.69) is 10.1 Å². The van der Waals surface area contributed by atoms with Crippen LogP contribution in [0.3, 0.4) is 0 Å². The van der Waals surface area contributed by atoms with Crippen molar-refractivity contribution in [1.29, 1.82) is 0 Å². The molecule has 90 valence electrons. The normalized spacial score (nSPS) is 29.6. The van der Waals surface area contributed by atoms with Gasteiger partial charge in [-0.1, -0.05) is 11.1 Å². The molecule has 0 aromatic rings. The number of carbonyl (C=O) groups excluding carboxylic acids is 1. The molecule has 0 bridgehead atoms. The lowest BCUT2D eigenvalue weighted by Gasteiger charge is -2.34. The molecular formula is C12H20N2O2. The van der Waals surface area contributed by atoms with Gasteiger partial charge in [0, 0.05) is 6.04 Å². The molecule has 2 atom stereocenters. The van der Waals surface area contributed by atoms with Gasteiger partial charge in [0.15, 0.2) is 0 Å². The van der Waals surface area contributed by atoms with Crippen molar-refractivity contribution in [2.24, 2.45) is 5.73 Å². The monoisotopic (exact) mass is 224 g/mol. The van der Waals surface area contributed by atoms with Gasteiger partial charge >= 0.3 is 6.09 Å². The summed E-state index contributed by atoms with van der Waals surface area (Å²) >= 11 is 0. The van der Waals surface area contributed by atoms with Crippen LogP contribution in [0.2, 0.25) is 0 Å². The fraction of sp³-hybridized carbons (Fsp3) is 0.750. The number of hydrogen-bond donors (Lipinski definition) is 2. The molecule has 0 aromatic carbocycles. The molecule has 0 fully saturated rings. The van der Waals surface area contributed by atoms with Crippen molar-refractivity contribution in [3.63, 3.8) is 0 Å². The van der Waals surface area contributed by atoms with Crippen LogP contribution in [0.5, 0.6) is 0 Å². The number of ether oxygens (including phenoxy) is 1. The lowest BCUT2D eigenvalue weighted by Crippen LogP contribution is -2.50. The first-order chi connectivity index (χ1) is 7.70. The van der Waals surface area contributed by atoms with E-state index in [0.717, 1.165) is 12.8 Å². The SMILES string of the molecule is COC(=O)N[C@@H]1CC2=C(CCCC2)C[C@H]1N. The van der Waals surface area contributed by atoms with Crippen molar-refractivity contribution in [3.8, 4) is 0 Å². The maximum absolute atomic E-state index is 11.2. The topological polar surface area (TPSA) is 64.3 Å². The molecular weight excluding hydrogens is 204 g/mol. The Morgan fingerprint density at radius 3 is 2.56 bits per heavy atom. The summed E-state index contributed by atoms with van der Waals surface area (Å²) in [6.07, 6.45) is 6.42. The average Bonchev–Trinajstić information content (AvgIpc) is 2.30. The van der Waals surface area contributed by atoms with Gasteiger partial charge in [0.2, 0.25) is 0 Å². The van der Waals surface area contributed by atoms with E-state index in [9.17, 15) is 4.79 Å². The molecule has 2 aliphatic rings. The highest BCUT2D eigenvalue weighted by Gasteiger charge is 2.29. The summed E-state index contributed by atoms with van der Waals surface area (Å²) < 4.78 is 4.62. The molecule has 2 rings (SSSR count). The van der Waals surface area contributed by atoms with E-state index in [-0.39, 0.29) is 18.2 Å². The largest absolute Gasteiger partial charge is 0.453 e. The van der Waals surface area contributed by atoms with Gasteiger partial charge in [0.1, 0.15) is 0 Å². The van der Waals surface area contributed by atoms with Gasteiger partial charge in [-0.3, -0.25) is 0 Å². The Hall–Kier alpha value is -1.03. The molecule has 0 heterocycles. The zero-order valence-electron chi connectivity index (χ0n) is 9.79. The van der Waals surface area contributed by atoms with Gasteiger partial charge in [0.05, 0.1) is 13.2 Å². The van der Waals surface area contributed by atoms with Gasteiger partial charge in [-0.05, 0) is 38.5 Å². The predicted octanol–water partition coefficient (Wildman–Crippen LogP) is 1.70. The van der Waals surface area contributed by atoms with Gasteiger partial charge in [-0.25, -0.2) is 4.79 Å². The van der Waals surface area contributed by atoms with E-state index >= 15 is 0 Å². The summed E-state index contributed by atoms with van der Waals surface area (Å²) in [4.78, 5) is 11.2. The standard InChI is InChI=1S/C12H20N2O2/c1-16-12(15)14-11-7-9-5-3-2-4-8(9)6-10(11)13/h10-11H,2-7,13H2,1H3,(H,14,15)/t10-,11-/m1/s1. The second-order valence-corrected chi connectivity index (χ2v) is 4.73. The first-order valence-electron chi connectivity index (χ1n) is 6.00. The van der Waals surface area contributed by atoms with Crippen molar-refractivity contribution in [2.75, 3.05) is 7.11 Å². The first-order valence-corrected chi connectivity index (χ1v) is 6.00. The summed E-state index contributed by atoms with van der Waals surface area (Å²) in [6.45, 7) is 0. The zero-order valence-corrected chi connectivity index (χ0v) is 9.79. The number of methoxy groups -OCH3 is 1. The van der Waals surface area contributed by atoms with Crippen molar-refractivity contribution < 1.29 is 9.53 Å². The van der Waals surface area contributed by atoms with Crippen molar-refractivity contribution >= 4 is 6.09 Å². The zero-order chi connectivity index (χ0) is 11.5. The van der Waals surface area contributed by atoms with Crippen LogP contribution in [0.15, 0.2) is 11.1 Å². The average molecular weight is 224 g/mol. The third-order valence-electron chi connectivity index (χ3n) is 3.66. The van der Waals surface area contributed by atoms with E-state index in [1.807, 2.05) is 0 Å². The van der Waals surface area contributed by atoms with E-state index in [1.54, 1.807) is 5.57 Å². The molecule has 16 heavy (non-hydrogen) atoms. The van der Waals surface area contributed by atoms with E-state index in [0.29, 0.717) is 0 Å². The number of nitrogens with one attached hydrogen (secondary N) is 1. The molecule has 4 heteroatoms. The van der Waals surface area contributed by atoms with Crippen LogP contribution in [0, 0.1) is 0 Å². The Morgan fingerprint density at radius 2 is 1.94 bits per heavy atom. The highest BCUT2D eigenvalue weighted by molar-refractivity contribution is 5.67. The second-order valence-electron chi connectivity index (χ2n) is 4.73. The summed E-state index contributed by atoms with van der Waals surface area (Å²) in [5.41, 5.74) is 9.15. The first kappa shape index (κ1) is 11.5. The maximum Gasteiger partial charge on any atom is 0.407 e. The minimum atomic E-state index is -0.375. The molecule has 0 saturated heterocycles. The fourth-order valence-corrected chi connectivity index (χ4v) is 2.74. The fourth-order valence-electron chi connectivity index (χ4n) is 2.74. The molecule has 3 N–H and O–H groups in total. The molecule has 0 spiro atoms. The van der Waals surface area contributed by atoms with Gasteiger partial charge in [0.25, 0.3) is 0 Å². The smallest absolute Gasteiger partial charge is 0.407 e. The van der Waals surface area contributed by atoms with E-state index < -0.39 is 0 Å². The van der Waals surface area contributed by atoms with Crippen molar-refractivity contribution in [2.45, 2.75) is 50.6 Å². The second kappa shape index (κ2) is 4.87. The Morgan fingerprint density at radius 1 is 1.31 bits per heavy atom. The number of amides is 1. The van der Waals surface area contributed by atoms with Gasteiger partial charge in [-0.2, -0.15) is 0 Å². The number of carbonyl (C=O) groups is 1. The molecule has 0 unspecified atom stereocenters. The summed E-state index contributed by atoms with van der Waals surface area (Å²) in [6, 6.07) is 0.0836. The van der Waals surface area contributed by atoms with Crippen LogP contribution in [0.25, 0.3) is 0 Å². The van der Waals surface area contributed by atoms with Crippen molar-refractivity contribution in [1.82, 2.24) is 5.32 Å². The number of rotatable bonds is 1. The Labute approximate surface area is 96.2 Å². The molecule has 0 aliphatic heterocycles. The molecule has 0 aromatic heterocycles. The van der Waals surface area contributed by atoms with E-state index in [1.165, 1.54) is 38.4 Å². The van der Waals surface area contributed by atoms with Gasteiger partial charge in [-0.15, -0.1) is 0 Å². The number of nitrogens with two attached hydrogens (primary N) is 1. The highest BCUT2D eigenvalue weighted by Crippen LogP contribution is 2.35. The quantitative estimate of drug-likeness (QED) is 0.666. The van der Waals surface area contributed by atoms with Crippen LogP contribution < -0.4 is 11.1 Å². The minimum absolute atomic E-state index is 0.0379. The van der Waals surface area contributed by atoms with Crippen LogP contribution in [-0.4, -0.2) is 25.3 Å². The molecule has 4 nitrogen and oxygen atoms in total. The Balaban J connectivity index is 2.02. The Bertz CT molecular complexity index is 312. The number of alkyl carbamates (subject to hydrolysis) is 1. The van der Waals surface area contributed by atoms with Crippen LogP contribution in [0.4, 0.5) is 4.79 Å². The van der Waals surface area contributed by atoms with Crippen LogP contribution >= 0.6 is 0 Å².